The van der Waals surface area contributed by atoms with E-state index in [9.17, 15) is 9.59 Å². The summed E-state index contributed by atoms with van der Waals surface area (Å²) >= 11 is 1.29. The molecule has 1 aliphatic rings. The van der Waals surface area contributed by atoms with Crippen molar-refractivity contribution in [3.8, 4) is 23.0 Å². The number of amides is 1. The van der Waals surface area contributed by atoms with Gasteiger partial charge in [-0.25, -0.2) is 9.59 Å². The molecule has 30 heavy (non-hydrogen) atoms. The molecule has 2 N–H and O–H groups in total. The molecule has 0 bridgehead atoms. The van der Waals surface area contributed by atoms with Crippen LogP contribution in [-0.4, -0.2) is 30.3 Å². The van der Waals surface area contributed by atoms with Crippen molar-refractivity contribution in [1.82, 2.24) is 5.32 Å². The number of hydrogen-bond acceptors (Lipinski definition) is 4. The SMILES string of the molecule is O=C(NCCC#Cc1cc(C(=O)O)cs1)OCC1c2ccccc2-c2ccccc21. The number of fused-ring (bicyclic) bond motifs is 3. The standard InChI is InChI=1S/C24H19NO4S/c26-23(27)16-13-17(30-15-16)7-5-6-12-25-24(28)29-14-22-20-10-3-1-8-18(20)19-9-2-4-11-21(19)22/h1-4,8-11,13,15,22H,6,12,14H2,(H,25,28)(H,26,27). The van der Waals surface area contributed by atoms with Gasteiger partial charge >= 0.3 is 12.1 Å². The molecule has 0 radical (unpaired) electrons. The second kappa shape index (κ2) is 8.85. The molecule has 150 valence electrons. The Hall–Kier alpha value is -3.56. The van der Waals surface area contributed by atoms with Crippen molar-refractivity contribution in [3.63, 3.8) is 0 Å². The number of thiophene rings is 1. The molecule has 4 rings (SSSR count). The van der Waals surface area contributed by atoms with Crippen LogP contribution in [0.1, 0.15) is 38.7 Å². The molecule has 6 heteroatoms. The lowest BCUT2D eigenvalue weighted by Crippen LogP contribution is -2.26. The van der Waals surface area contributed by atoms with Gasteiger partial charge in [-0.05, 0) is 28.3 Å². The maximum Gasteiger partial charge on any atom is 0.407 e. The van der Waals surface area contributed by atoms with E-state index in [1.807, 2.05) is 24.3 Å². The highest BCUT2D eigenvalue weighted by molar-refractivity contribution is 7.10. The molecular weight excluding hydrogens is 398 g/mol. The average Bonchev–Trinajstić information content (AvgIpc) is 3.35. The monoisotopic (exact) mass is 417 g/mol. The first-order valence-corrected chi connectivity index (χ1v) is 10.4. The van der Waals surface area contributed by atoms with E-state index in [1.54, 1.807) is 11.4 Å². The zero-order valence-electron chi connectivity index (χ0n) is 16.1. The quantitative estimate of drug-likeness (QED) is 0.465. The van der Waals surface area contributed by atoms with Gasteiger partial charge in [-0.15, -0.1) is 11.3 Å². The number of carboxylic acid groups (broad SMARTS) is 1. The van der Waals surface area contributed by atoms with Gasteiger partial charge in [0, 0.05) is 24.3 Å². The van der Waals surface area contributed by atoms with Crippen molar-refractivity contribution in [3.05, 3.63) is 81.5 Å². The maximum atomic E-state index is 12.1. The topological polar surface area (TPSA) is 75.6 Å². The smallest absolute Gasteiger partial charge is 0.407 e. The minimum Gasteiger partial charge on any atom is -0.478 e. The van der Waals surface area contributed by atoms with Crippen LogP contribution in [0, 0.1) is 11.8 Å². The summed E-state index contributed by atoms with van der Waals surface area (Å²) in [4.78, 5) is 23.6. The Bertz CT molecular complexity index is 1110. The summed E-state index contributed by atoms with van der Waals surface area (Å²) in [5, 5.41) is 13.2. The minimum absolute atomic E-state index is 0.0326. The molecule has 0 unspecified atom stereocenters. The van der Waals surface area contributed by atoms with Crippen molar-refractivity contribution < 1.29 is 19.4 Å². The Morgan fingerprint density at radius 2 is 1.73 bits per heavy atom. The largest absolute Gasteiger partial charge is 0.478 e. The van der Waals surface area contributed by atoms with Crippen LogP contribution < -0.4 is 5.32 Å². The molecule has 0 spiro atoms. The van der Waals surface area contributed by atoms with Gasteiger partial charge in [-0.1, -0.05) is 60.4 Å². The van der Waals surface area contributed by atoms with Crippen LogP contribution in [0.4, 0.5) is 4.79 Å². The maximum absolute atomic E-state index is 12.1. The first kappa shape index (κ1) is 19.7. The lowest BCUT2D eigenvalue weighted by molar-refractivity contribution is 0.0697. The fourth-order valence-corrected chi connectivity index (χ4v) is 4.29. The van der Waals surface area contributed by atoms with Crippen LogP contribution in [0.15, 0.2) is 60.0 Å². The summed E-state index contributed by atoms with van der Waals surface area (Å²) in [7, 11) is 0. The Morgan fingerprint density at radius 3 is 2.37 bits per heavy atom. The molecule has 0 aliphatic heterocycles. The molecule has 1 heterocycles. The van der Waals surface area contributed by atoms with E-state index in [0.29, 0.717) is 17.8 Å². The number of rotatable bonds is 5. The lowest BCUT2D eigenvalue weighted by Gasteiger charge is -2.14. The van der Waals surface area contributed by atoms with Crippen LogP contribution in [0.3, 0.4) is 0 Å². The predicted octanol–water partition coefficient (Wildman–Crippen LogP) is 4.73. The van der Waals surface area contributed by atoms with E-state index in [4.69, 9.17) is 9.84 Å². The van der Waals surface area contributed by atoms with Gasteiger partial charge < -0.3 is 15.2 Å². The van der Waals surface area contributed by atoms with Gasteiger partial charge in [0.05, 0.1) is 10.4 Å². The van der Waals surface area contributed by atoms with Gasteiger partial charge in [0.1, 0.15) is 6.61 Å². The molecule has 2 aromatic carbocycles. The number of carbonyl (C=O) groups is 2. The number of carboxylic acids is 1. The summed E-state index contributed by atoms with van der Waals surface area (Å²) in [6, 6.07) is 17.9. The third kappa shape index (κ3) is 4.22. The zero-order valence-corrected chi connectivity index (χ0v) is 16.9. The van der Waals surface area contributed by atoms with Crippen molar-refractivity contribution in [1.29, 1.82) is 0 Å². The normalized spacial score (nSPS) is 11.7. The molecule has 1 amide bonds. The Kier molecular flexibility index (Phi) is 5.82. The van der Waals surface area contributed by atoms with E-state index < -0.39 is 12.1 Å². The summed E-state index contributed by atoms with van der Waals surface area (Å²) in [6.07, 6.45) is -0.0206. The highest BCUT2D eigenvalue weighted by atomic mass is 32.1. The second-order valence-electron chi connectivity index (χ2n) is 6.81. The van der Waals surface area contributed by atoms with Crippen LogP contribution in [0.25, 0.3) is 11.1 Å². The molecule has 1 aromatic heterocycles. The van der Waals surface area contributed by atoms with Gasteiger partial charge in [0.2, 0.25) is 0 Å². The first-order valence-electron chi connectivity index (χ1n) is 9.53. The van der Waals surface area contributed by atoms with Crippen molar-refractivity contribution in [2.75, 3.05) is 13.2 Å². The third-order valence-electron chi connectivity index (χ3n) is 4.92. The fourth-order valence-electron chi connectivity index (χ4n) is 3.54. The van der Waals surface area contributed by atoms with Crippen LogP contribution >= 0.6 is 11.3 Å². The first-order chi connectivity index (χ1) is 14.6. The van der Waals surface area contributed by atoms with Gasteiger partial charge in [0.15, 0.2) is 0 Å². The van der Waals surface area contributed by atoms with Crippen LogP contribution in [0.5, 0.6) is 0 Å². The summed E-state index contributed by atoms with van der Waals surface area (Å²) in [5.74, 6) is 4.91. The third-order valence-corrected chi connectivity index (χ3v) is 5.77. The van der Waals surface area contributed by atoms with E-state index >= 15 is 0 Å². The number of nitrogens with one attached hydrogen (secondary N) is 1. The Morgan fingerprint density at radius 1 is 1.07 bits per heavy atom. The Labute approximate surface area is 178 Å². The highest BCUT2D eigenvalue weighted by Crippen LogP contribution is 2.44. The second-order valence-corrected chi connectivity index (χ2v) is 7.72. The molecule has 5 nitrogen and oxygen atoms in total. The van der Waals surface area contributed by atoms with Gasteiger partial charge in [-0.3, -0.25) is 0 Å². The summed E-state index contributed by atoms with van der Waals surface area (Å²) in [5.41, 5.74) is 4.97. The summed E-state index contributed by atoms with van der Waals surface area (Å²) in [6.45, 7) is 0.638. The highest BCUT2D eigenvalue weighted by Gasteiger charge is 2.28. The van der Waals surface area contributed by atoms with E-state index in [-0.39, 0.29) is 18.1 Å². The van der Waals surface area contributed by atoms with E-state index in [1.165, 1.54) is 33.6 Å². The molecule has 0 fully saturated rings. The van der Waals surface area contributed by atoms with Gasteiger partial charge in [0.25, 0.3) is 0 Å². The van der Waals surface area contributed by atoms with Gasteiger partial charge in [-0.2, -0.15) is 0 Å². The fraction of sp³-hybridized carbons (Fsp3) is 0.167. The number of benzene rings is 2. The molecule has 1 aliphatic carbocycles. The van der Waals surface area contributed by atoms with E-state index in [2.05, 4.69) is 41.4 Å². The van der Waals surface area contributed by atoms with Crippen LogP contribution in [-0.2, 0) is 4.74 Å². The Balaban J connectivity index is 1.28. The molecule has 3 aromatic rings. The molecular formula is C24H19NO4S. The minimum atomic E-state index is -0.962. The lowest BCUT2D eigenvalue weighted by atomic mass is 9.98. The van der Waals surface area contributed by atoms with Crippen molar-refractivity contribution in [2.24, 2.45) is 0 Å². The number of hydrogen-bond donors (Lipinski definition) is 2. The predicted molar refractivity (Wildman–Crippen MR) is 116 cm³/mol. The van der Waals surface area contributed by atoms with E-state index in [0.717, 1.165) is 0 Å². The molecule has 0 atom stereocenters. The summed E-state index contributed by atoms with van der Waals surface area (Å²) < 4.78 is 5.47. The number of alkyl carbamates (subject to hydrolysis) is 1. The van der Waals surface area contributed by atoms with Crippen molar-refractivity contribution in [2.45, 2.75) is 12.3 Å². The molecule has 0 saturated heterocycles. The number of carbonyl (C=O) groups excluding carboxylic acids is 1. The zero-order chi connectivity index (χ0) is 20.9. The molecule has 0 saturated carbocycles. The average molecular weight is 417 g/mol. The van der Waals surface area contributed by atoms with Crippen LogP contribution in [0.2, 0.25) is 0 Å². The van der Waals surface area contributed by atoms with Crippen molar-refractivity contribution >= 4 is 23.4 Å². The number of ether oxygens (including phenoxy) is 1. The number of aromatic carboxylic acids is 1.